The predicted molar refractivity (Wildman–Crippen MR) is 52.2 cm³/mol. The second-order valence-corrected chi connectivity index (χ2v) is 3.28. The van der Waals surface area contributed by atoms with Gasteiger partial charge in [0.25, 0.3) is 0 Å². The Bertz CT molecular complexity index is 390. The molecule has 2 N–H and O–H groups in total. The van der Waals surface area contributed by atoms with E-state index in [1.54, 1.807) is 0 Å². The summed E-state index contributed by atoms with van der Waals surface area (Å²) in [7, 11) is 0. The summed E-state index contributed by atoms with van der Waals surface area (Å²) in [4.78, 5) is 10.5. The minimum atomic E-state index is -4.43. The first-order valence-electron chi connectivity index (χ1n) is 4.47. The highest BCUT2D eigenvalue weighted by atomic mass is 19.4. The molecule has 3 nitrogen and oxygen atoms in total. The topological polar surface area (TPSA) is 49.3 Å². The monoisotopic (exact) mass is 233 g/mol. The van der Waals surface area contributed by atoms with Gasteiger partial charge in [-0.3, -0.25) is 4.79 Å². The maximum atomic E-state index is 12.3. The Hall–Kier alpha value is -1.72. The van der Waals surface area contributed by atoms with Crippen molar-refractivity contribution >= 4 is 11.7 Å². The molecule has 0 spiro atoms. The first-order valence-corrected chi connectivity index (χ1v) is 4.47. The highest BCUT2D eigenvalue weighted by Gasteiger charge is 2.30. The van der Waals surface area contributed by atoms with Crippen molar-refractivity contribution in [3.05, 3.63) is 29.8 Å². The summed E-state index contributed by atoms with van der Waals surface area (Å²) in [5, 5.41) is 11.0. The molecule has 0 aliphatic carbocycles. The number of anilines is 1. The molecule has 1 aromatic carbocycles. The van der Waals surface area contributed by atoms with Crippen molar-refractivity contribution in [1.29, 1.82) is 0 Å². The molecule has 0 radical (unpaired) electrons. The predicted octanol–water partition coefficient (Wildman–Crippen LogP) is 2.59. The van der Waals surface area contributed by atoms with Crippen molar-refractivity contribution in [3.63, 3.8) is 0 Å². The van der Waals surface area contributed by atoms with Crippen molar-refractivity contribution in [2.75, 3.05) is 5.32 Å². The number of carbonyl (C=O) groups is 1. The number of rotatable bonds is 3. The molecule has 88 valence electrons. The Labute approximate surface area is 89.9 Å². The Morgan fingerprint density at radius 3 is 2.56 bits per heavy atom. The van der Waals surface area contributed by atoms with Gasteiger partial charge in [0, 0.05) is 5.69 Å². The van der Waals surface area contributed by atoms with E-state index in [1.807, 2.05) is 0 Å². The van der Waals surface area contributed by atoms with E-state index < -0.39 is 23.8 Å². The van der Waals surface area contributed by atoms with Gasteiger partial charge in [0.2, 0.25) is 0 Å². The summed E-state index contributed by atoms with van der Waals surface area (Å²) in [6.07, 6.45) is -4.43. The van der Waals surface area contributed by atoms with E-state index in [1.165, 1.54) is 19.1 Å². The van der Waals surface area contributed by atoms with Crippen LogP contribution in [0.2, 0.25) is 0 Å². The third-order valence-electron chi connectivity index (χ3n) is 1.94. The molecule has 0 aliphatic rings. The molecule has 1 atom stereocenters. The third kappa shape index (κ3) is 3.15. The summed E-state index contributed by atoms with van der Waals surface area (Å²) < 4.78 is 37.0. The van der Waals surface area contributed by atoms with Crippen molar-refractivity contribution < 1.29 is 23.1 Å². The van der Waals surface area contributed by atoms with E-state index in [2.05, 4.69) is 5.32 Å². The Morgan fingerprint density at radius 1 is 1.44 bits per heavy atom. The summed E-state index contributed by atoms with van der Waals surface area (Å²) >= 11 is 0. The maximum Gasteiger partial charge on any atom is 0.416 e. The lowest BCUT2D eigenvalue weighted by Crippen LogP contribution is -2.25. The van der Waals surface area contributed by atoms with Gasteiger partial charge in [0.1, 0.15) is 6.04 Å². The number of benzene rings is 1. The highest BCUT2D eigenvalue weighted by molar-refractivity contribution is 5.76. The number of hydrogen-bond acceptors (Lipinski definition) is 2. The largest absolute Gasteiger partial charge is 0.480 e. The van der Waals surface area contributed by atoms with Gasteiger partial charge in [0.05, 0.1) is 5.56 Å². The maximum absolute atomic E-state index is 12.3. The first kappa shape index (κ1) is 12.4. The van der Waals surface area contributed by atoms with E-state index in [0.717, 1.165) is 12.1 Å². The summed E-state index contributed by atoms with van der Waals surface area (Å²) in [6, 6.07) is 3.47. The van der Waals surface area contributed by atoms with Crippen LogP contribution in [0, 0.1) is 0 Å². The van der Waals surface area contributed by atoms with Crippen molar-refractivity contribution in [3.8, 4) is 0 Å². The number of nitrogens with one attached hydrogen (secondary N) is 1. The van der Waals surface area contributed by atoms with Gasteiger partial charge in [0.15, 0.2) is 0 Å². The standard InChI is InChI=1S/C10H10F3NO2/c1-6(9(15)16)14-8-4-2-3-7(5-8)10(11,12)13/h2-6,14H,1H3,(H,15,16)/t6-/m0/s1. The van der Waals surface area contributed by atoms with Crippen LogP contribution in [0.15, 0.2) is 24.3 Å². The molecule has 0 bridgehead atoms. The Kier molecular flexibility index (Phi) is 3.41. The highest BCUT2D eigenvalue weighted by Crippen LogP contribution is 2.30. The van der Waals surface area contributed by atoms with Crippen LogP contribution < -0.4 is 5.32 Å². The van der Waals surface area contributed by atoms with Crippen molar-refractivity contribution in [1.82, 2.24) is 0 Å². The lowest BCUT2D eigenvalue weighted by atomic mass is 10.2. The fourth-order valence-electron chi connectivity index (χ4n) is 1.10. The molecule has 6 heteroatoms. The lowest BCUT2D eigenvalue weighted by molar-refractivity contribution is -0.138. The van der Waals surface area contributed by atoms with E-state index in [9.17, 15) is 18.0 Å². The molecule has 0 saturated carbocycles. The fourth-order valence-corrected chi connectivity index (χ4v) is 1.10. The van der Waals surface area contributed by atoms with Crippen LogP contribution in [0.1, 0.15) is 12.5 Å². The minimum absolute atomic E-state index is 0.129. The minimum Gasteiger partial charge on any atom is -0.480 e. The van der Waals surface area contributed by atoms with Crippen LogP contribution in [0.4, 0.5) is 18.9 Å². The van der Waals surface area contributed by atoms with Gasteiger partial charge in [-0.1, -0.05) is 6.07 Å². The molecular formula is C10H10F3NO2. The first-order chi connectivity index (χ1) is 7.30. The molecule has 0 heterocycles. The molecule has 0 aliphatic heterocycles. The summed E-state index contributed by atoms with van der Waals surface area (Å²) in [5.41, 5.74) is -0.681. The number of carboxylic acid groups (broad SMARTS) is 1. The summed E-state index contributed by atoms with van der Waals surface area (Å²) in [6.45, 7) is 1.35. The van der Waals surface area contributed by atoms with Crippen molar-refractivity contribution in [2.45, 2.75) is 19.1 Å². The Morgan fingerprint density at radius 2 is 2.06 bits per heavy atom. The summed E-state index contributed by atoms with van der Waals surface area (Å²) in [5.74, 6) is -1.13. The smallest absolute Gasteiger partial charge is 0.416 e. The van der Waals surface area contributed by atoms with Crippen LogP contribution in [0.3, 0.4) is 0 Å². The lowest BCUT2D eigenvalue weighted by Gasteiger charge is -2.13. The molecule has 16 heavy (non-hydrogen) atoms. The number of alkyl halides is 3. The van der Waals surface area contributed by atoms with Crippen LogP contribution in [0.5, 0.6) is 0 Å². The second-order valence-electron chi connectivity index (χ2n) is 3.28. The van der Waals surface area contributed by atoms with Gasteiger partial charge in [-0.05, 0) is 25.1 Å². The van der Waals surface area contributed by atoms with Gasteiger partial charge < -0.3 is 10.4 Å². The Balaban J connectivity index is 2.87. The molecule has 0 aromatic heterocycles. The van der Waals surface area contributed by atoms with Gasteiger partial charge in [-0.25, -0.2) is 0 Å². The zero-order chi connectivity index (χ0) is 12.3. The van der Waals surface area contributed by atoms with E-state index in [0.29, 0.717) is 0 Å². The van der Waals surface area contributed by atoms with Gasteiger partial charge in [-0.15, -0.1) is 0 Å². The van der Waals surface area contributed by atoms with E-state index in [-0.39, 0.29) is 5.69 Å². The van der Waals surface area contributed by atoms with E-state index >= 15 is 0 Å². The SMILES string of the molecule is C[C@H](Nc1cccc(C(F)(F)F)c1)C(=O)O. The zero-order valence-electron chi connectivity index (χ0n) is 8.38. The normalized spacial score (nSPS) is 13.2. The molecular weight excluding hydrogens is 223 g/mol. The molecule has 1 aromatic rings. The van der Waals surface area contributed by atoms with Gasteiger partial charge >= 0.3 is 12.1 Å². The van der Waals surface area contributed by atoms with E-state index in [4.69, 9.17) is 5.11 Å². The zero-order valence-corrected chi connectivity index (χ0v) is 8.38. The van der Waals surface area contributed by atoms with Gasteiger partial charge in [-0.2, -0.15) is 13.2 Å². The molecule has 0 saturated heterocycles. The molecule has 0 amide bonds. The molecule has 0 unspecified atom stereocenters. The number of hydrogen-bond donors (Lipinski definition) is 2. The van der Waals surface area contributed by atoms with Crippen molar-refractivity contribution in [2.24, 2.45) is 0 Å². The molecule has 1 rings (SSSR count). The number of halogens is 3. The van der Waals surface area contributed by atoms with Crippen LogP contribution in [-0.2, 0) is 11.0 Å². The van der Waals surface area contributed by atoms with Crippen LogP contribution in [-0.4, -0.2) is 17.1 Å². The average molecular weight is 233 g/mol. The molecule has 0 fully saturated rings. The third-order valence-corrected chi connectivity index (χ3v) is 1.94. The average Bonchev–Trinajstić information content (AvgIpc) is 2.16. The quantitative estimate of drug-likeness (QED) is 0.843. The van der Waals surface area contributed by atoms with Crippen LogP contribution >= 0.6 is 0 Å². The second kappa shape index (κ2) is 4.42. The fraction of sp³-hybridized carbons (Fsp3) is 0.300. The van der Waals surface area contributed by atoms with Crippen LogP contribution in [0.25, 0.3) is 0 Å². The number of aliphatic carboxylic acids is 1. The number of carboxylic acids is 1.